The second-order valence-electron chi connectivity index (χ2n) is 0. The van der Waals surface area contributed by atoms with Crippen LogP contribution in [0.15, 0.2) is 0 Å². The number of hydrogen-bond donors (Lipinski definition) is 0. The Kier molecular flexibility index (Phi) is 3710. The van der Waals surface area contributed by atoms with Crippen LogP contribution in [0.3, 0.4) is 0 Å². The summed E-state index contributed by atoms with van der Waals surface area (Å²) < 4.78 is 0. The topological polar surface area (TPSA) is 0 Å². The summed E-state index contributed by atoms with van der Waals surface area (Å²) in [5, 5.41) is 0. The van der Waals surface area contributed by atoms with Crippen LogP contribution in [-0.4, -0.2) is 0 Å². The molecular weight excluding hydrogens is 143 g/mol. The summed E-state index contributed by atoms with van der Waals surface area (Å²) in [5.41, 5.74) is 0. The first-order chi connectivity index (χ1) is 0. The van der Waals surface area contributed by atoms with Gasteiger partial charge in [-0.1, -0.05) is 44.6 Å². The fourth-order valence-electron chi connectivity index (χ4n) is 0. The van der Waals surface area contributed by atoms with Crippen LogP contribution in [-0.2, 0) is 0 Å². The van der Waals surface area contributed by atoms with Crippen LogP contribution in [0.4, 0.5) is 0 Å². The van der Waals surface area contributed by atoms with Crippen LogP contribution in [0.2, 0.25) is 0 Å². The van der Waals surface area contributed by atoms with Crippen molar-refractivity contribution in [1.82, 2.24) is 0 Å². The van der Waals surface area contributed by atoms with Gasteiger partial charge < -0.3 is 1.43 Å². The van der Waals surface area contributed by atoms with Crippen LogP contribution in [0, 0.1) is 0 Å². The molecule has 0 heterocycles. The minimum absolute atomic E-state index is 0. The predicted octanol–water partition coefficient (Wildman–Crippen LogP) is 1.29. The minimum Gasteiger partial charge on any atom is -1.00 e. The van der Waals surface area contributed by atoms with E-state index in [1.54, 1.807) is 0 Å². The molecule has 0 aliphatic rings. The number of hydrogen-bond acceptors (Lipinski definition) is 0. The zero-order valence-electron chi connectivity index (χ0n) is 2.50. The van der Waals surface area contributed by atoms with Crippen LogP contribution in [0.1, 0.15) is 47.4 Å². The molecule has 0 amide bonds. The third kappa shape index (κ3) is 98.8. The Morgan fingerprint density at radius 2 is 0.625 bits per heavy atom. The summed E-state index contributed by atoms with van der Waals surface area (Å²) in [5.74, 6) is 0. The molecule has 8 heavy (non-hydrogen) atoms. The van der Waals surface area contributed by atoms with Gasteiger partial charge in [-0.15, -0.1) is 0 Å². The molecule has 0 saturated heterocycles. The van der Waals surface area contributed by atoms with Crippen LogP contribution in [0.5, 0.6) is 0 Å². The van der Waals surface area contributed by atoms with Gasteiger partial charge in [0.25, 0.3) is 0 Å². The van der Waals surface area contributed by atoms with Gasteiger partial charge in [-0.3, -0.25) is 0 Å². The largest absolute Gasteiger partial charge is 1.00 e. The Morgan fingerprint density at radius 1 is 0.625 bits per heavy atom. The van der Waals surface area contributed by atoms with E-state index in [0.29, 0.717) is 0 Å². The van der Waals surface area contributed by atoms with Gasteiger partial charge >= 0.3 is 51.4 Å². The molecule has 0 radical (unpaired) electrons. The Morgan fingerprint density at radius 3 is 0.625 bits per heavy atom. The summed E-state index contributed by atoms with van der Waals surface area (Å²) in [6.07, 6.45) is 0. The molecule has 0 rings (SSSR count). The van der Waals surface area contributed by atoms with E-state index >= 15 is 0 Å². The number of rotatable bonds is 0. The molecule has 0 aromatic carbocycles. The van der Waals surface area contributed by atoms with Crippen molar-refractivity contribution in [3.63, 3.8) is 0 Å². The maximum absolute atomic E-state index is 0. The minimum atomic E-state index is 0. The van der Waals surface area contributed by atoms with Crippen LogP contribution >= 0.6 is 13.5 Å². The second kappa shape index (κ2) is 145. The van der Waals surface area contributed by atoms with Gasteiger partial charge in [0.05, 0.1) is 0 Å². The third-order valence-electron chi connectivity index (χ3n) is 0. The fourth-order valence-corrected chi connectivity index (χ4v) is 0. The first kappa shape index (κ1) is 204. The smallest absolute Gasteiger partial charge is 1.00 e. The molecule has 60 valence electrons. The first-order valence-corrected chi connectivity index (χ1v) is 0. The third-order valence-corrected chi connectivity index (χ3v) is 0. The summed E-state index contributed by atoms with van der Waals surface area (Å²) in [7, 11) is 0. The Bertz CT molecular complexity index is 15.7. The molecule has 2 heteroatoms. The van der Waals surface area contributed by atoms with Crippen LogP contribution in [0.25, 0.3) is 0 Å². The maximum atomic E-state index is 0. The van der Waals surface area contributed by atoms with E-state index in [-0.39, 0.29) is 112 Å². The predicted molar refractivity (Wildman–Crippen MR) is 54.0 cm³/mol. The molecular formula is C6H29KS. The van der Waals surface area contributed by atoms with E-state index in [1.807, 2.05) is 0 Å². The van der Waals surface area contributed by atoms with Crippen molar-refractivity contribution in [1.29, 1.82) is 0 Å². The van der Waals surface area contributed by atoms with E-state index in [2.05, 4.69) is 0 Å². The van der Waals surface area contributed by atoms with Gasteiger partial charge in [-0.2, -0.15) is 13.5 Å². The molecule has 0 atom stereocenters. The second-order valence-corrected chi connectivity index (χ2v) is 0. The molecule has 0 N–H and O–H groups in total. The molecule has 0 aromatic heterocycles. The monoisotopic (exact) mass is 172 g/mol. The van der Waals surface area contributed by atoms with E-state index < -0.39 is 0 Å². The van der Waals surface area contributed by atoms with E-state index in [4.69, 9.17) is 0 Å². The summed E-state index contributed by atoms with van der Waals surface area (Å²) in [6, 6.07) is 0. The van der Waals surface area contributed by atoms with Gasteiger partial charge in [0.15, 0.2) is 0 Å². The van der Waals surface area contributed by atoms with E-state index in [9.17, 15) is 0 Å². The van der Waals surface area contributed by atoms with E-state index in [1.165, 1.54) is 0 Å². The van der Waals surface area contributed by atoms with Crippen molar-refractivity contribution in [3.05, 3.63) is 0 Å². The average molecular weight is 172 g/mol. The van der Waals surface area contributed by atoms with Gasteiger partial charge in [-0.25, -0.2) is 0 Å². The molecule has 0 bridgehead atoms. The van der Waals surface area contributed by atoms with E-state index in [0.717, 1.165) is 0 Å². The summed E-state index contributed by atoms with van der Waals surface area (Å²) >= 11 is 0. The first-order valence-electron chi connectivity index (χ1n) is 0. The molecule has 0 aliphatic carbocycles. The van der Waals surface area contributed by atoms with Crippen LogP contribution < -0.4 is 51.4 Å². The molecule has 0 unspecified atom stereocenters. The van der Waals surface area contributed by atoms with Crippen molar-refractivity contribution in [2.45, 2.75) is 44.6 Å². The molecule has 0 saturated carbocycles. The summed E-state index contributed by atoms with van der Waals surface area (Å²) in [4.78, 5) is 0. The normalized spacial score (nSPS) is 0. The van der Waals surface area contributed by atoms with Crippen molar-refractivity contribution < 1.29 is 54.2 Å². The SMILES string of the molecule is C.C.C.C.C.C.S.[H-].[HH].[K+]. The molecule has 0 fully saturated rings. The van der Waals surface area contributed by atoms with Gasteiger partial charge in [-0.05, 0) is 0 Å². The molecule has 0 spiro atoms. The van der Waals surface area contributed by atoms with Gasteiger partial charge in [0.1, 0.15) is 0 Å². The summed E-state index contributed by atoms with van der Waals surface area (Å²) in [6.45, 7) is 0. The van der Waals surface area contributed by atoms with Gasteiger partial charge in [0, 0.05) is 1.43 Å². The Balaban J connectivity index is 0. The van der Waals surface area contributed by atoms with Crippen molar-refractivity contribution in [2.24, 2.45) is 0 Å². The fraction of sp³-hybridized carbons (Fsp3) is 1.00. The quantitative estimate of drug-likeness (QED) is 0.483. The Hall–Kier alpha value is 1.99. The zero-order valence-corrected chi connectivity index (χ0v) is 5.62. The maximum Gasteiger partial charge on any atom is 1.00 e. The standard InChI is InChI=1S/6CH4.K.H2S.H2.H/h6*1H4;;1H2;1H;/q;;;;;;+1;;;-1. The van der Waals surface area contributed by atoms with Crippen molar-refractivity contribution in [3.8, 4) is 0 Å². The van der Waals surface area contributed by atoms with Gasteiger partial charge in [0.2, 0.25) is 0 Å². The molecule has 0 aliphatic heterocycles. The zero-order chi connectivity index (χ0) is 0. The van der Waals surface area contributed by atoms with Crippen molar-refractivity contribution in [2.75, 3.05) is 0 Å². The Labute approximate surface area is 111 Å². The average Bonchev–Trinajstić information content (AvgIpc) is 0. The molecule has 0 nitrogen and oxygen atoms in total. The molecule has 0 aromatic rings. The van der Waals surface area contributed by atoms with Crippen molar-refractivity contribution >= 4 is 13.5 Å².